The van der Waals surface area contributed by atoms with Gasteiger partial charge in [0.15, 0.2) is 0 Å². The van der Waals surface area contributed by atoms with Crippen LogP contribution in [-0.4, -0.2) is 60.9 Å². The van der Waals surface area contributed by atoms with Crippen LogP contribution in [0.1, 0.15) is 33.1 Å². The number of amides is 1. The topological polar surface area (TPSA) is 61.8 Å². The van der Waals surface area contributed by atoms with Crippen LogP contribution in [0.3, 0.4) is 0 Å². The van der Waals surface area contributed by atoms with Gasteiger partial charge in [0.2, 0.25) is 5.91 Å². The second-order valence-corrected chi connectivity index (χ2v) is 5.08. The number of carbonyl (C=O) groups is 1. The summed E-state index contributed by atoms with van der Waals surface area (Å²) in [7, 11) is 0. The molecule has 18 heavy (non-hydrogen) atoms. The van der Waals surface area contributed by atoms with Gasteiger partial charge in [0.05, 0.1) is 12.6 Å². The van der Waals surface area contributed by atoms with E-state index in [-0.39, 0.29) is 18.6 Å². The molecule has 0 aliphatic carbocycles. The summed E-state index contributed by atoms with van der Waals surface area (Å²) in [6.45, 7) is 6.86. The number of aliphatic hydroxyl groups excluding tert-OH is 1. The molecule has 1 saturated heterocycles. The molecule has 1 heterocycles. The van der Waals surface area contributed by atoms with Crippen LogP contribution < -0.4 is 5.32 Å². The first-order chi connectivity index (χ1) is 8.63. The maximum absolute atomic E-state index is 11.8. The number of hydrogen-bond acceptors (Lipinski definition) is 4. The Morgan fingerprint density at radius 2 is 2.33 bits per heavy atom. The van der Waals surface area contributed by atoms with Gasteiger partial charge in [0, 0.05) is 32.3 Å². The highest BCUT2D eigenvalue weighted by atomic mass is 16.5. The van der Waals surface area contributed by atoms with Gasteiger partial charge in [-0.2, -0.15) is 0 Å². The van der Waals surface area contributed by atoms with Crippen LogP contribution in [0.2, 0.25) is 0 Å². The van der Waals surface area contributed by atoms with E-state index in [9.17, 15) is 4.79 Å². The Labute approximate surface area is 109 Å². The summed E-state index contributed by atoms with van der Waals surface area (Å²) in [5.41, 5.74) is 0. The van der Waals surface area contributed by atoms with E-state index in [1.807, 2.05) is 0 Å². The fourth-order valence-corrected chi connectivity index (χ4v) is 2.07. The molecule has 1 rings (SSSR count). The molecule has 1 aliphatic rings. The number of hydrogen-bond donors (Lipinski definition) is 2. The lowest BCUT2D eigenvalue weighted by molar-refractivity contribution is -0.123. The summed E-state index contributed by atoms with van der Waals surface area (Å²) in [5.74, 6) is 0.0390. The number of rotatable bonds is 8. The zero-order chi connectivity index (χ0) is 13.4. The minimum Gasteiger partial charge on any atom is -0.396 e. The van der Waals surface area contributed by atoms with E-state index in [0.29, 0.717) is 25.6 Å². The summed E-state index contributed by atoms with van der Waals surface area (Å²) in [6, 6.07) is 0.310. The van der Waals surface area contributed by atoms with Crippen molar-refractivity contribution in [2.75, 3.05) is 32.8 Å². The molecule has 0 saturated carbocycles. The summed E-state index contributed by atoms with van der Waals surface area (Å²) in [4.78, 5) is 13.9. The Hall–Kier alpha value is -0.650. The van der Waals surface area contributed by atoms with Gasteiger partial charge in [0.25, 0.3) is 0 Å². The van der Waals surface area contributed by atoms with Crippen molar-refractivity contribution < 1.29 is 14.6 Å². The minimum atomic E-state index is 0.0390. The Bertz CT molecular complexity index is 240. The summed E-state index contributed by atoms with van der Waals surface area (Å²) >= 11 is 0. The lowest BCUT2D eigenvalue weighted by atomic mass is 10.2. The number of ether oxygens (including phenoxy) is 1. The lowest BCUT2D eigenvalue weighted by Gasteiger charge is -2.25. The molecule has 1 aliphatic heterocycles. The van der Waals surface area contributed by atoms with Gasteiger partial charge in [-0.1, -0.05) is 0 Å². The van der Waals surface area contributed by atoms with Crippen molar-refractivity contribution in [1.82, 2.24) is 10.2 Å². The number of nitrogens with one attached hydrogen (secondary N) is 1. The molecule has 0 spiro atoms. The van der Waals surface area contributed by atoms with Crippen LogP contribution in [0.25, 0.3) is 0 Å². The number of carbonyl (C=O) groups excluding carboxylic acids is 1. The molecule has 5 heteroatoms. The Kier molecular flexibility index (Phi) is 7.23. The molecular weight excluding hydrogens is 232 g/mol. The smallest absolute Gasteiger partial charge is 0.234 e. The predicted octanol–water partition coefficient (Wildman–Crippen LogP) is 0.374. The highest BCUT2D eigenvalue weighted by Crippen LogP contribution is 2.10. The molecule has 1 atom stereocenters. The quantitative estimate of drug-likeness (QED) is 0.660. The Balaban J connectivity index is 2.22. The summed E-state index contributed by atoms with van der Waals surface area (Å²) in [6.07, 6.45) is 3.03. The first kappa shape index (κ1) is 15.4. The first-order valence-electron chi connectivity index (χ1n) is 6.86. The lowest BCUT2D eigenvalue weighted by Crippen LogP contribution is -2.43. The molecule has 0 aromatic rings. The fourth-order valence-electron chi connectivity index (χ4n) is 2.07. The zero-order valence-electron chi connectivity index (χ0n) is 11.5. The highest BCUT2D eigenvalue weighted by molar-refractivity contribution is 5.78. The van der Waals surface area contributed by atoms with E-state index in [2.05, 4.69) is 24.1 Å². The van der Waals surface area contributed by atoms with Gasteiger partial charge in [-0.05, 0) is 33.1 Å². The molecule has 1 fully saturated rings. The second kappa shape index (κ2) is 8.45. The molecule has 1 unspecified atom stereocenters. The van der Waals surface area contributed by atoms with Crippen molar-refractivity contribution in [3.05, 3.63) is 0 Å². The van der Waals surface area contributed by atoms with Crippen molar-refractivity contribution >= 4 is 5.91 Å². The molecule has 0 aromatic carbocycles. The molecule has 106 valence electrons. The first-order valence-corrected chi connectivity index (χ1v) is 6.86. The third-order valence-corrected chi connectivity index (χ3v) is 3.23. The van der Waals surface area contributed by atoms with Crippen molar-refractivity contribution in [1.29, 1.82) is 0 Å². The molecule has 0 bridgehead atoms. The highest BCUT2D eigenvalue weighted by Gasteiger charge is 2.18. The minimum absolute atomic E-state index is 0.0390. The Morgan fingerprint density at radius 1 is 1.56 bits per heavy atom. The van der Waals surface area contributed by atoms with Crippen molar-refractivity contribution in [3.63, 3.8) is 0 Å². The van der Waals surface area contributed by atoms with Gasteiger partial charge < -0.3 is 15.2 Å². The van der Waals surface area contributed by atoms with Crippen molar-refractivity contribution in [3.8, 4) is 0 Å². The average Bonchev–Trinajstić information content (AvgIpc) is 2.84. The van der Waals surface area contributed by atoms with Crippen LogP contribution in [0, 0.1) is 0 Å². The van der Waals surface area contributed by atoms with Crippen LogP contribution in [0.4, 0.5) is 0 Å². The van der Waals surface area contributed by atoms with Gasteiger partial charge in [0.1, 0.15) is 0 Å². The van der Waals surface area contributed by atoms with Crippen LogP contribution in [-0.2, 0) is 9.53 Å². The Morgan fingerprint density at radius 3 is 2.89 bits per heavy atom. The molecule has 0 radical (unpaired) electrons. The van der Waals surface area contributed by atoms with Gasteiger partial charge >= 0.3 is 0 Å². The van der Waals surface area contributed by atoms with Crippen LogP contribution in [0.5, 0.6) is 0 Å². The van der Waals surface area contributed by atoms with Gasteiger partial charge in [-0.15, -0.1) is 0 Å². The third-order valence-electron chi connectivity index (χ3n) is 3.23. The van der Waals surface area contributed by atoms with E-state index in [1.165, 1.54) is 0 Å². The van der Waals surface area contributed by atoms with Crippen molar-refractivity contribution in [2.45, 2.75) is 45.3 Å². The third kappa shape index (κ3) is 5.80. The monoisotopic (exact) mass is 258 g/mol. The van der Waals surface area contributed by atoms with E-state index < -0.39 is 0 Å². The van der Waals surface area contributed by atoms with Crippen LogP contribution in [0.15, 0.2) is 0 Å². The van der Waals surface area contributed by atoms with Gasteiger partial charge in [-0.25, -0.2) is 0 Å². The SMILES string of the molecule is CC(C)N(CCCO)CC(=O)NCC1CCCO1. The summed E-state index contributed by atoms with van der Waals surface area (Å²) in [5, 5.41) is 11.8. The van der Waals surface area contributed by atoms with Crippen molar-refractivity contribution in [2.24, 2.45) is 0 Å². The van der Waals surface area contributed by atoms with Crippen LogP contribution >= 0.6 is 0 Å². The van der Waals surface area contributed by atoms with E-state index in [0.717, 1.165) is 26.0 Å². The molecule has 1 amide bonds. The van der Waals surface area contributed by atoms with E-state index >= 15 is 0 Å². The standard InChI is InChI=1S/C13H26N2O3/c1-11(2)15(6-4-7-16)10-13(17)14-9-12-5-3-8-18-12/h11-12,16H,3-10H2,1-2H3,(H,14,17). The number of aliphatic hydroxyl groups is 1. The molecule has 0 aromatic heterocycles. The molecule has 2 N–H and O–H groups in total. The maximum Gasteiger partial charge on any atom is 0.234 e. The zero-order valence-corrected chi connectivity index (χ0v) is 11.5. The second-order valence-electron chi connectivity index (χ2n) is 5.08. The predicted molar refractivity (Wildman–Crippen MR) is 70.4 cm³/mol. The summed E-state index contributed by atoms with van der Waals surface area (Å²) < 4.78 is 5.46. The fraction of sp³-hybridized carbons (Fsp3) is 0.923. The molecule has 5 nitrogen and oxygen atoms in total. The molecular formula is C13H26N2O3. The number of nitrogens with zero attached hydrogens (tertiary/aromatic N) is 1. The normalized spacial score (nSPS) is 19.7. The van der Waals surface area contributed by atoms with E-state index in [1.54, 1.807) is 0 Å². The van der Waals surface area contributed by atoms with Gasteiger partial charge in [-0.3, -0.25) is 9.69 Å². The largest absolute Gasteiger partial charge is 0.396 e. The van der Waals surface area contributed by atoms with E-state index in [4.69, 9.17) is 9.84 Å². The average molecular weight is 258 g/mol. The maximum atomic E-state index is 11.8.